The number of anilines is 2. The highest BCUT2D eigenvalue weighted by molar-refractivity contribution is 6.02. The number of benzene rings is 2. The molecule has 0 atom stereocenters. The lowest BCUT2D eigenvalue weighted by molar-refractivity contribution is -0.118. The second kappa shape index (κ2) is 8.15. The van der Waals surface area contributed by atoms with Gasteiger partial charge in [-0.15, -0.1) is 0 Å². The van der Waals surface area contributed by atoms with E-state index in [4.69, 9.17) is 0 Å². The summed E-state index contributed by atoms with van der Waals surface area (Å²) in [6, 6.07) is 16.6. The van der Waals surface area contributed by atoms with Crippen molar-refractivity contribution in [2.45, 2.75) is 26.8 Å². The van der Waals surface area contributed by atoms with E-state index in [0.29, 0.717) is 5.69 Å². The van der Waals surface area contributed by atoms with Gasteiger partial charge < -0.3 is 10.2 Å². The van der Waals surface area contributed by atoms with Gasteiger partial charge in [-0.3, -0.25) is 10.1 Å². The van der Waals surface area contributed by atoms with E-state index in [-0.39, 0.29) is 18.5 Å². The highest BCUT2D eigenvalue weighted by Gasteiger charge is 2.16. The summed E-state index contributed by atoms with van der Waals surface area (Å²) in [6.45, 7) is 6.15. The van der Waals surface area contributed by atoms with Crippen molar-refractivity contribution in [3.05, 3.63) is 60.2 Å². The third-order valence-electron chi connectivity index (χ3n) is 3.59. The third kappa shape index (κ3) is 5.12. The number of imide groups is 1. The van der Waals surface area contributed by atoms with E-state index in [1.54, 1.807) is 12.1 Å². The van der Waals surface area contributed by atoms with Gasteiger partial charge in [-0.05, 0) is 45.0 Å². The van der Waals surface area contributed by atoms with Gasteiger partial charge in [-0.2, -0.15) is 0 Å². The summed E-state index contributed by atoms with van der Waals surface area (Å²) in [4.78, 5) is 26.0. The van der Waals surface area contributed by atoms with Crippen LogP contribution in [0.5, 0.6) is 0 Å². The second-order valence-corrected chi connectivity index (χ2v) is 5.93. The smallest absolute Gasteiger partial charge is 0.325 e. The zero-order chi connectivity index (χ0) is 17.5. The quantitative estimate of drug-likeness (QED) is 0.883. The highest BCUT2D eigenvalue weighted by atomic mass is 16.2. The maximum Gasteiger partial charge on any atom is 0.325 e. The van der Waals surface area contributed by atoms with E-state index in [0.717, 1.165) is 11.3 Å². The summed E-state index contributed by atoms with van der Waals surface area (Å²) in [6.07, 6.45) is 0. The molecule has 0 aliphatic carbocycles. The van der Waals surface area contributed by atoms with Crippen LogP contribution in [0.15, 0.2) is 54.6 Å². The van der Waals surface area contributed by atoms with Crippen molar-refractivity contribution in [3.63, 3.8) is 0 Å². The molecule has 0 saturated heterocycles. The zero-order valence-electron chi connectivity index (χ0n) is 14.2. The molecular weight excluding hydrogens is 302 g/mol. The van der Waals surface area contributed by atoms with Crippen molar-refractivity contribution < 1.29 is 9.59 Å². The first-order chi connectivity index (χ1) is 11.5. The van der Waals surface area contributed by atoms with Gasteiger partial charge >= 0.3 is 6.03 Å². The number of rotatable bonds is 5. The molecule has 2 aromatic rings. The molecule has 5 heteroatoms. The molecule has 0 spiro atoms. The summed E-state index contributed by atoms with van der Waals surface area (Å²) >= 11 is 0. The molecule has 0 aliphatic rings. The van der Waals surface area contributed by atoms with Gasteiger partial charge in [-0.1, -0.05) is 35.9 Å². The first-order valence-electron chi connectivity index (χ1n) is 7.95. The molecule has 126 valence electrons. The molecule has 0 bridgehead atoms. The third-order valence-corrected chi connectivity index (χ3v) is 3.59. The van der Waals surface area contributed by atoms with Crippen LogP contribution in [0.3, 0.4) is 0 Å². The van der Waals surface area contributed by atoms with Crippen molar-refractivity contribution in [1.82, 2.24) is 5.32 Å². The number of amides is 3. The Morgan fingerprint density at radius 3 is 2.21 bits per heavy atom. The lowest BCUT2D eigenvalue weighted by Crippen LogP contribution is -2.44. The molecule has 0 fully saturated rings. The molecule has 2 N–H and O–H groups in total. The number of urea groups is 1. The number of aryl methyl sites for hydroxylation is 1. The fourth-order valence-electron chi connectivity index (χ4n) is 2.31. The molecule has 2 aromatic carbocycles. The SMILES string of the molecule is Cc1ccc(N(CC(=O)NC(=O)Nc2ccccc2)C(C)C)cc1. The lowest BCUT2D eigenvalue weighted by atomic mass is 10.2. The van der Waals surface area contributed by atoms with Crippen LogP contribution in [-0.2, 0) is 4.79 Å². The Morgan fingerprint density at radius 2 is 1.62 bits per heavy atom. The van der Waals surface area contributed by atoms with Crippen molar-refractivity contribution in [2.75, 3.05) is 16.8 Å². The van der Waals surface area contributed by atoms with E-state index in [9.17, 15) is 9.59 Å². The average Bonchev–Trinajstić information content (AvgIpc) is 2.54. The fraction of sp³-hybridized carbons (Fsp3) is 0.263. The minimum absolute atomic E-state index is 0.114. The van der Waals surface area contributed by atoms with Crippen molar-refractivity contribution in [1.29, 1.82) is 0 Å². The monoisotopic (exact) mass is 325 g/mol. The molecule has 0 radical (unpaired) electrons. The first kappa shape index (κ1) is 17.5. The Kier molecular flexibility index (Phi) is 5.95. The average molecular weight is 325 g/mol. The summed E-state index contributed by atoms with van der Waals surface area (Å²) in [5.41, 5.74) is 2.76. The summed E-state index contributed by atoms with van der Waals surface area (Å²) in [7, 11) is 0. The van der Waals surface area contributed by atoms with E-state index in [1.807, 2.05) is 68.1 Å². The number of carbonyl (C=O) groups is 2. The Hall–Kier alpha value is -2.82. The lowest BCUT2D eigenvalue weighted by Gasteiger charge is -2.28. The summed E-state index contributed by atoms with van der Waals surface area (Å²) < 4.78 is 0. The molecular formula is C19H23N3O2. The maximum atomic E-state index is 12.2. The van der Waals surface area contributed by atoms with Crippen molar-refractivity contribution in [3.8, 4) is 0 Å². The normalized spacial score (nSPS) is 10.3. The van der Waals surface area contributed by atoms with Crippen LogP contribution in [0, 0.1) is 6.92 Å². The van der Waals surface area contributed by atoms with Crippen LogP contribution in [0.25, 0.3) is 0 Å². The van der Waals surface area contributed by atoms with Gasteiger partial charge in [0, 0.05) is 17.4 Å². The van der Waals surface area contributed by atoms with Crippen molar-refractivity contribution in [2.24, 2.45) is 0 Å². The van der Waals surface area contributed by atoms with Gasteiger partial charge in [0.2, 0.25) is 5.91 Å². The summed E-state index contributed by atoms with van der Waals surface area (Å²) in [5, 5.41) is 5.00. The van der Waals surface area contributed by atoms with Gasteiger partial charge in [0.15, 0.2) is 0 Å². The maximum absolute atomic E-state index is 12.2. The molecule has 0 aliphatic heterocycles. The second-order valence-electron chi connectivity index (χ2n) is 5.93. The number of nitrogens with one attached hydrogen (secondary N) is 2. The van der Waals surface area contributed by atoms with Crippen LogP contribution in [-0.4, -0.2) is 24.5 Å². The van der Waals surface area contributed by atoms with Crippen LogP contribution in [0.4, 0.5) is 16.2 Å². The number of nitrogens with zero attached hydrogens (tertiary/aromatic N) is 1. The van der Waals surface area contributed by atoms with E-state index >= 15 is 0 Å². The predicted molar refractivity (Wildman–Crippen MR) is 97.3 cm³/mol. The molecule has 0 heterocycles. The van der Waals surface area contributed by atoms with Gasteiger partial charge in [-0.25, -0.2) is 4.79 Å². The Bertz CT molecular complexity index is 682. The number of hydrogen-bond acceptors (Lipinski definition) is 3. The van der Waals surface area contributed by atoms with Crippen LogP contribution in [0.1, 0.15) is 19.4 Å². The van der Waals surface area contributed by atoms with Crippen LogP contribution in [0.2, 0.25) is 0 Å². The molecule has 0 unspecified atom stereocenters. The Morgan fingerprint density at radius 1 is 1.00 bits per heavy atom. The van der Waals surface area contributed by atoms with Gasteiger partial charge in [0.25, 0.3) is 0 Å². The largest absolute Gasteiger partial charge is 0.360 e. The van der Waals surface area contributed by atoms with Crippen LogP contribution >= 0.6 is 0 Å². The number of carbonyl (C=O) groups excluding carboxylic acids is 2. The van der Waals surface area contributed by atoms with E-state index < -0.39 is 6.03 Å². The van der Waals surface area contributed by atoms with Gasteiger partial charge in [0.05, 0.1) is 6.54 Å². The number of hydrogen-bond donors (Lipinski definition) is 2. The standard InChI is InChI=1S/C19H23N3O2/c1-14(2)22(17-11-9-15(3)10-12-17)13-18(23)21-19(24)20-16-7-5-4-6-8-16/h4-12,14H,13H2,1-3H3,(H2,20,21,23,24). The number of para-hydroxylation sites is 1. The molecule has 2 rings (SSSR count). The minimum Gasteiger partial charge on any atom is -0.360 e. The van der Waals surface area contributed by atoms with E-state index in [2.05, 4.69) is 10.6 Å². The molecule has 5 nitrogen and oxygen atoms in total. The highest BCUT2D eigenvalue weighted by Crippen LogP contribution is 2.17. The van der Waals surface area contributed by atoms with Crippen LogP contribution < -0.4 is 15.5 Å². The zero-order valence-corrected chi connectivity index (χ0v) is 14.2. The minimum atomic E-state index is -0.529. The molecule has 0 saturated carbocycles. The predicted octanol–water partition coefficient (Wildman–Crippen LogP) is 3.56. The fourth-order valence-corrected chi connectivity index (χ4v) is 2.31. The van der Waals surface area contributed by atoms with Crippen molar-refractivity contribution >= 4 is 23.3 Å². The summed E-state index contributed by atoms with van der Waals surface area (Å²) in [5.74, 6) is -0.349. The Balaban J connectivity index is 1.95. The topological polar surface area (TPSA) is 61.4 Å². The van der Waals surface area contributed by atoms with Gasteiger partial charge in [0.1, 0.15) is 0 Å². The molecule has 3 amide bonds. The Labute approximate surface area is 142 Å². The van der Waals surface area contributed by atoms with E-state index in [1.165, 1.54) is 0 Å². The first-order valence-corrected chi connectivity index (χ1v) is 7.95. The molecule has 0 aromatic heterocycles. The molecule has 24 heavy (non-hydrogen) atoms.